The van der Waals surface area contributed by atoms with Crippen LogP contribution in [-0.2, 0) is 9.59 Å². The first-order valence-corrected chi connectivity index (χ1v) is 10.4. The van der Waals surface area contributed by atoms with Crippen molar-refractivity contribution in [3.63, 3.8) is 0 Å². The summed E-state index contributed by atoms with van der Waals surface area (Å²) < 4.78 is 0. The van der Waals surface area contributed by atoms with Gasteiger partial charge < -0.3 is 21.3 Å². The molecule has 2 aliphatic rings. The number of nitrogens with zero attached hydrogens (tertiary/aromatic N) is 1. The first kappa shape index (κ1) is 22.1. The van der Waals surface area contributed by atoms with E-state index in [2.05, 4.69) is 31.8 Å². The number of carbonyl (C=O) groups is 3. The third-order valence-corrected chi connectivity index (χ3v) is 5.58. The van der Waals surface area contributed by atoms with E-state index in [-0.39, 0.29) is 35.8 Å². The highest BCUT2D eigenvalue weighted by atomic mass is 16.2. The van der Waals surface area contributed by atoms with Crippen molar-refractivity contribution in [2.45, 2.75) is 64.0 Å². The van der Waals surface area contributed by atoms with Gasteiger partial charge in [0.2, 0.25) is 11.8 Å². The summed E-state index contributed by atoms with van der Waals surface area (Å²) in [4.78, 5) is 35.7. The molecule has 2 fully saturated rings. The normalized spacial score (nSPS) is 25.9. The van der Waals surface area contributed by atoms with Crippen LogP contribution in [0.15, 0.2) is 5.10 Å². The molecule has 0 bridgehead atoms. The molecule has 1 heterocycles. The number of hydrazone groups is 1. The fourth-order valence-electron chi connectivity index (χ4n) is 3.73. The molecule has 4 amide bonds. The molecule has 2 rings (SSSR count). The number of rotatable bonds is 8. The zero-order chi connectivity index (χ0) is 20.4. The fraction of sp³-hybridized carbons (Fsp3) is 0.789. The molecule has 9 nitrogen and oxygen atoms in total. The Morgan fingerprint density at radius 3 is 2.50 bits per heavy atom. The number of hydrogen-bond acceptors (Lipinski definition) is 5. The summed E-state index contributed by atoms with van der Waals surface area (Å²) in [5.41, 5.74) is 2.45. The van der Waals surface area contributed by atoms with Crippen LogP contribution >= 0.6 is 0 Å². The SMILES string of the molecule is CCC(/C=N/NC(=O)NCC1CCC(C(=O)NC)CC1)NC(=O)[C@@H]1CCCN1. The zero-order valence-corrected chi connectivity index (χ0v) is 16.9. The van der Waals surface area contributed by atoms with Gasteiger partial charge in [0.05, 0.1) is 12.1 Å². The summed E-state index contributed by atoms with van der Waals surface area (Å²) in [6, 6.07) is -0.698. The van der Waals surface area contributed by atoms with E-state index >= 15 is 0 Å². The lowest BCUT2D eigenvalue weighted by atomic mass is 9.81. The molecule has 1 aliphatic heterocycles. The average Bonchev–Trinajstić information content (AvgIpc) is 3.26. The summed E-state index contributed by atoms with van der Waals surface area (Å²) >= 11 is 0. The molecular weight excluding hydrogens is 360 g/mol. The molecule has 0 spiro atoms. The van der Waals surface area contributed by atoms with Gasteiger partial charge in [0, 0.05) is 25.7 Å². The van der Waals surface area contributed by atoms with Gasteiger partial charge in [-0.05, 0) is 57.4 Å². The smallest absolute Gasteiger partial charge is 0.335 e. The van der Waals surface area contributed by atoms with Crippen molar-refractivity contribution in [1.29, 1.82) is 0 Å². The largest absolute Gasteiger partial charge is 0.359 e. The second-order valence-electron chi connectivity index (χ2n) is 7.60. The molecule has 0 aromatic carbocycles. The molecule has 158 valence electrons. The number of urea groups is 1. The van der Waals surface area contributed by atoms with Gasteiger partial charge in [-0.1, -0.05) is 6.92 Å². The van der Waals surface area contributed by atoms with Crippen LogP contribution < -0.4 is 26.7 Å². The maximum atomic E-state index is 12.1. The van der Waals surface area contributed by atoms with Crippen LogP contribution in [0, 0.1) is 11.8 Å². The van der Waals surface area contributed by atoms with E-state index < -0.39 is 0 Å². The summed E-state index contributed by atoms with van der Waals surface area (Å²) in [5, 5.41) is 15.6. The Morgan fingerprint density at radius 2 is 1.89 bits per heavy atom. The molecule has 1 aliphatic carbocycles. The Morgan fingerprint density at radius 1 is 1.14 bits per heavy atom. The predicted molar refractivity (Wildman–Crippen MR) is 108 cm³/mol. The van der Waals surface area contributed by atoms with Crippen LogP contribution in [0.5, 0.6) is 0 Å². The van der Waals surface area contributed by atoms with E-state index in [0.717, 1.165) is 45.1 Å². The van der Waals surface area contributed by atoms with Crippen molar-refractivity contribution in [3.05, 3.63) is 0 Å². The molecular formula is C19H34N6O3. The maximum absolute atomic E-state index is 12.1. The molecule has 28 heavy (non-hydrogen) atoms. The van der Waals surface area contributed by atoms with E-state index in [0.29, 0.717) is 18.9 Å². The van der Waals surface area contributed by atoms with Crippen molar-refractivity contribution < 1.29 is 14.4 Å². The topological polar surface area (TPSA) is 124 Å². The summed E-state index contributed by atoms with van der Waals surface area (Å²) in [6.07, 6.45) is 7.70. The second-order valence-corrected chi connectivity index (χ2v) is 7.60. The van der Waals surface area contributed by atoms with E-state index in [9.17, 15) is 14.4 Å². The standard InChI is InChI=1S/C19H34N6O3/c1-3-15(24-18(27)16-5-4-10-21-16)12-23-25-19(28)22-11-13-6-8-14(9-7-13)17(26)20-2/h12-16,21H,3-11H2,1-2H3,(H,20,26)(H,24,27)(H2,22,25,28)/b23-12+/t13?,14?,15?,16-/m0/s1. The molecule has 1 saturated heterocycles. The molecule has 1 saturated carbocycles. The molecule has 9 heteroatoms. The summed E-state index contributed by atoms with van der Waals surface area (Å²) in [7, 11) is 1.67. The number of nitrogens with one attached hydrogen (secondary N) is 5. The van der Waals surface area contributed by atoms with Crippen molar-refractivity contribution >= 4 is 24.1 Å². The minimum atomic E-state index is -0.358. The number of carbonyl (C=O) groups excluding carboxylic acids is 3. The molecule has 0 aromatic heterocycles. The lowest BCUT2D eigenvalue weighted by Crippen LogP contribution is -2.46. The van der Waals surface area contributed by atoms with E-state index in [1.165, 1.54) is 0 Å². The first-order chi connectivity index (χ1) is 13.5. The average molecular weight is 395 g/mol. The van der Waals surface area contributed by atoms with Crippen LogP contribution in [0.4, 0.5) is 4.79 Å². The van der Waals surface area contributed by atoms with Crippen LogP contribution in [0.3, 0.4) is 0 Å². The van der Waals surface area contributed by atoms with Crippen LogP contribution in [-0.4, -0.2) is 56.3 Å². The highest BCUT2D eigenvalue weighted by Gasteiger charge is 2.26. The number of hydrogen-bond donors (Lipinski definition) is 5. The van der Waals surface area contributed by atoms with Gasteiger partial charge in [-0.25, -0.2) is 10.2 Å². The number of amides is 4. The highest BCUT2D eigenvalue weighted by Crippen LogP contribution is 2.28. The third-order valence-electron chi connectivity index (χ3n) is 5.58. The Labute approximate surface area is 166 Å². The van der Waals surface area contributed by atoms with E-state index in [1.54, 1.807) is 13.3 Å². The van der Waals surface area contributed by atoms with Gasteiger partial charge >= 0.3 is 6.03 Å². The van der Waals surface area contributed by atoms with E-state index in [1.807, 2.05) is 6.92 Å². The lowest BCUT2D eigenvalue weighted by molar-refractivity contribution is -0.125. The predicted octanol–water partition coefficient (Wildman–Crippen LogP) is 0.471. The maximum Gasteiger partial charge on any atom is 0.335 e. The van der Waals surface area contributed by atoms with Gasteiger partial charge in [-0.3, -0.25) is 9.59 Å². The summed E-state index contributed by atoms with van der Waals surface area (Å²) in [5.74, 6) is 0.574. The Kier molecular flexibility index (Phi) is 9.19. The zero-order valence-electron chi connectivity index (χ0n) is 16.9. The lowest BCUT2D eigenvalue weighted by Gasteiger charge is -2.27. The van der Waals surface area contributed by atoms with Gasteiger partial charge in [-0.2, -0.15) is 5.10 Å². The molecule has 0 radical (unpaired) electrons. The van der Waals surface area contributed by atoms with Gasteiger partial charge in [-0.15, -0.1) is 0 Å². The molecule has 1 unspecified atom stereocenters. The monoisotopic (exact) mass is 394 g/mol. The van der Waals surface area contributed by atoms with Crippen molar-refractivity contribution in [3.8, 4) is 0 Å². The minimum absolute atomic E-state index is 0.0207. The van der Waals surface area contributed by atoms with Gasteiger partial charge in [0.15, 0.2) is 0 Å². The first-order valence-electron chi connectivity index (χ1n) is 10.4. The minimum Gasteiger partial charge on any atom is -0.359 e. The van der Waals surface area contributed by atoms with Crippen LogP contribution in [0.25, 0.3) is 0 Å². The van der Waals surface area contributed by atoms with E-state index in [4.69, 9.17) is 0 Å². The Bertz CT molecular complexity index is 554. The van der Waals surface area contributed by atoms with Crippen LogP contribution in [0.2, 0.25) is 0 Å². The fourth-order valence-corrected chi connectivity index (χ4v) is 3.73. The Hall–Kier alpha value is -2.16. The molecule has 0 aromatic rings. The van der Waals surface area contributed by atoms with Crippen LogP contribution in [0.1, 0.15) is 51.9 Å². The highest BCUT2D eigenvalue weighted by molar-refractivity contribution is 5.85. The van der Waals surface area contributed by atoms with Crippen molar-refractivity contribution in [2.24, 2.45) is 16.9 Å². The summed E-state index contributed by atoms with van der Waals surface area (Å²) in [6.45, 7) is 3.40. The van der Waals surface area contributed by atoms with Gasteiger partial charge in [0.25, 0.3) is 0 Å². The molecule has 5 N–H and O–H groups in total. The quantitative estimate of drug-likeness (QED) is 0.303. The molecule has 2 atom stereocenters. The van der Waals surface area contributed by atoms with Crippen molar-refractivity contribution in [1.82, 2.24) is 26.7 Å². The third kappa shape index (κ3) is 7.10. The van der Waals surface area contributed by atoms with Gasteiger partial charge in [0.1, 0.15) is 0 Å². The van der Waals surface area contributed by atoms with Crippen molar-refractivity contribution in [2.75, 3.05) is 20.1 Å². The second kappa shape index (κ2) is 11.6. The Balaban J connectivity index is 1.63.